The van der Waals surface area contributed by atoms with Gasteiger partial charge in [0.2, 0.25) is 0 Å². The van der Waals surface area contributed by atoms with Crippen LogP contribution in [0.5, 0.6) is 0 Å². The summed E-state index contributed by atoms with van der Waals surface area (Å²) in [5, 5.41) is 1.92. The first-order chi connectivity index (χ1) is 8.54. The van der Waals surface area contributed by atoms with Crippen LogP contribution in [0.4, 0.5) is 0 Å². The lowest BCUT2D eigenvalue weighted by atomic mass is 9.89. The predicted octanol–water partition coefficient (Wildman–Crippen LogP) is 3.98. The minimum Gasteiger partial charge on any atom is -0.458 e. The van der Waals surface area contributed by atoms with Crippen LogP contribution in [0.1, 0.15) is 43.3 Å². The van der Waals surface area contributed by atoms with Gasteiger partial charge in [-0.3, -0.25) is 0 Å². The molecule has 0 spiro atoms. The Bertz CT molecular complexity index is 451. The third-order valence-electron chi connectivity index (χ3n) is 5.11. The first-order valence-corrected chi connectivity index (χ1v) is 7.67. The Morgan fingerprint density at radius 2 is 2.28 bits per heavy atom. The molecular weight excluding hydrogens is 244 g/mol. The zero-order valence-electron chi connectivity index (χ0n) is 11.2. The standard InChI is InChI=1S/C15H20O2S/c1-9(2)15-7-11(15)10(3)12(8-15)17-14(16)13-5-4-6-18-13/h4-6,9-12H,7-8H2,1-3H3. The number of fused-ring (bicyclic) bond motifs is 1. The van der Waals surface area contributed by atoms with Gasteiger partial charge in [0, 0.05) is 0 Å². The van der Waals surface area contributed by atoms with Crippen molar-refractivity contribution in [2.24, 2.45) is 23.2 Å². The molecule has 2 fully saturated rings. The molecular formula is C15H20O2S. The van der Waals surface area contributed by atoms with Gasteiger partial charge in [0.15, 0.2) is 0 Å². The second-order valence-corrected chi connectivity index (χ2v) is 7.13. The summed E-state index contributed by atoms with van der Waals surface area (Å²) < 4.78 is 5.72. The molecule has 2 aliphatic rings. The SMILES string of the molecule is CC1C(OC(=O)c2cccs2)CC2(C(C)C)CC12. The second-order valence-electron chi connectivity index (χ2n) is 6.18. The van der Waals surface area contributed by atoms with Gasteiger partial charge in [0.25, 0.3) is 0 Å². The molecule has 1 aromatic heterocycles. The van der Waals surface area contributed by atoms with Crippen LogP contribution >= 0.6 is 11.3 Å². The molecule has 18 heavy (non-hydrogen) atoms. The molecule has 1 heterocycles. The normalized spacial score (nSPS) is 37.7. The maximum Gasteiger partial charge on any atom is 0.348 e. The highest BCUT2D eigenvalue weighted by atomic mass is 32.1. The van der Waals surface area contributed by atoms with E-state index in [1.54, 1.807) is 0 Å². The van der Waals surface area contributed by atoms with Gasteiger partial charge in [0.05, 0.1) is 0 Å². The third kappa shape index (κ3) is 1.71. The molecule has 0 aromatic carbocycles. The van der Waals surface area contributed by atoms with Crippen molar-refractivity contribution in [3.8, 4) is 0 Å². The summed E-state index contributed by atoms with van der Waals surface area (Å²) in [7, 11) is 0. The monoisotopic (exact) mass is 264 g/mol. The van der Waals surface area contributed by atoms with Crippen molar-refractivity contribution < 1.29 is 9.53 Å². The Kier molecular flexibility index (Phi) is 2.77. The van der Waals surface area contributed by atoms with Crippen molar-refractivity contribution in [1.29, 1.82) is 0 Å². The van der Waals surface area contributed by atoms with Crippen molar-refractivity contribution in [1.82, 2.24) is 0 Å². The highest BCUT2D eigenvalue weighted by molar-refractivity contribution is 7.11. The van der Waals surface area contributed by atoms with Crippen molar-refractivity contribution in [3.63, 3.8) is 0 Å². The smallest absolute Gasteiger partial charge is 0.348 e. The highest BCUT2D eigenvalue weighted by Gasteiger charge is 2.65. The lowest BCUT2D eigenvalue weighted by Gasteiger charge is -2.21. The van der Waals surface area contributed by atoms with Gasteiger partial charge in [-0.15, -0.1) is 11.3 Å². The Hall–Kier alpha value is -0.830. The molecule has 2 saturated carbocycles. The van der Waals surface area contributed by atoms with E-state index in [0.29, 0.717) is 17.3 Å². The molecule has 4 unspecified atom stereocenters. The van der Waals surface area contributed by atoms with Gasteiger partial charge in [-0.1, -0.05) is 26.8 Å². The molecule has 0 bridgehead atoms. The molecule has 2 aliphatic carbocycles. The highest BCUT2D eigenvalue weighted by Crippen LogP contribution is 2.70. The summed E-state index contributed by atoms with van der Waals surface area (Å²) in [6.45, 7) is 6.85. The Balaban J connectivity index is 1.67. The molecule has 98 valence electrons. The molecule has 3 rings (SSSR count). The van der Waals surface area contributed by atoms with Crippen LogP contribution in [0.2, 0.25) is 0 Å². The first kappa shape index (κ1) is 12.2. The van der Waals surface area contributed by atoms with Crippen LogP contribution in [0.3, 0.4) is 0 Å². The number of carbonyl (C=O) groups is 1. The molecule has 0 N–H and O–H groups in total. The number of thiophene rings is 1. The molecule has 0 saturated heterocycles. The quantitative estimate of drug-likeness (QED) is 0.772. The van der Waals surface area contributed by atoms with Gasteiger partial charge in [0.1, 0.15) is 11.0 Å². The lowest BCUT2D eigenvalue weighted by Crippen LogP contribution is -2.23. The van der Waals surface area contributed by atoms with E-state index in [2.05, 4.69) is 20.8 Å². The summed E-state index contributed by atoms with van der Waals surface area (Å²) in [5.41, 5.74) is 0.472. The minimum atomic E-state index is -0.137. The zero-order valence-corrected chi connectivity index (χ0v) is 12.0. The molecule has 1 aromatic rings. The number of hydrogen-bond acceptors (Lipinski definition) is 3. The average molecular weight is 264 g/mol. The number of rotatable bonds is 3. The fourth-order valence-corrected chi connectivity index (χ4v) is 4.36. The van der Waals surface area contributed by atoms with Crippen LogP contribution in [0.15, 0.2) is 17.5 Å². The number of carbonyl (C=O) groups excluding carboxylic acids is 1. The van der Waals surface area contributed by atoms with Gasteiger partial charge in [-0.2, -0.15) is 0 Å². The fourth-order valence-electron chi connectivity index (χ4n) is 3.75. The van der Waals surface area contributed by atoms with E-state index in [-0.39, 0.29) is 12.1 Å². The van der Waals surface area contributed by atoms with Crippen LogP contribution in [-0.4, -0.2) is 12.1 Å². The van der Waals surface area contributed by atoms with E-state index in [0.717, 1.165) is 17.2 Å². The van der Waals surface area contributed by atoms with E-state index < -0.39 is 0 Å². The van der Waals surface area contributed by atoms with Gasteiger partial charge >= 0.3 is 5.97 Å². The van der Waals surface area contributed by atoms with Crippen molar-refractivity contribution in [3.05, 3.63) is 22.4 Å². The molecule has 4 atom stereocenters. The van der Waals surface area contributed by atoms with Crippen molar-refractivity contribution in [2.75, 3.05) is 0 Å². The Labute approximate surface area is 112 Å². The van der Waals surface area contributed by atoms with Gasteiger partial charge < -0.3 is 4.74 Å². The van der Waals surface area contributed by atoms with E-state index in [9.17, 15) is 4.79 Å². The molecule has 3 heteroatoms. The summed E-state index contributed by atoms with van der Waals surface area (Å²) in [6, 6.07) is 3.73. The largest absolute Gasteiger partial charge is 0.458 e. The maximum atomic E-state index is 12.0. The van der Waals surface area contributed by atoms with Crippen molar-refractivity contribution >= 4 is 17.3 Å². The third-order valence-corrected chi connectivity index (χ3v) is 5.96. The van der Waals surface area contributed by atoms with Crippen LogP contribution in [0.25, 0.3) is 0 Å². The summed E-state index contributed by atoms with van der Waals surface area (Å²) in [5.74, 6) is 1.87. The van der Waals surface area contributed by atoms with E-state index in [1.807, 2.05) is 17.5 Å². The van der Waals surface area contributed by atoms with E-state index in [1.165, 1.54) is 17.8 Å². The number of hydrogen-bond donors (Lipinski definition) is 0. The first-order valence-electron chi connectivity index (χ1n) is 6.79. The summed E-state index contributed by atoms with van der Waals surface area (Å²) in [4.78, 5) is 12.7. The average Bonchev–Trinajstić information content (AvgIpc) is 2.72. The zero-order chi connectivity index (χ0) is 12.9. The molecule has 0 amide bonds. The Morgan fingerprint density at radius 3 is 2.83 bits per heavy atom. The fraction of sp³-hybridized carbons (Fsp3) is 0.667. The predicted molar refractivity (Wildman–Crippen MR) is 72.7 cm³/mol. The Morgan fingerprint density at radius 1 is 1.50 bits per heavy atom. The summed E-state index contributed by atoms with van der Waals surface area (Å²) >= 11 is 1.46. The number of esters is 1. The topological polar surface area (TPSA) is 26.3 Å². The molecule has 0 aliphatic heterocycles. The lowest BCUT2D eigenvalue weighted by molar-refractivity contribution is 0.0164. The second kappa shape index (κ2) is 4.09. The van der Waals surface area contributed by atoms with E-state index >= 15 is 0 Å². The van der Waals surface area contributed by atoms with Crippen LogP contribution in [-0.2, 0) is 4.74 Å². The maximum absolute atomic E-state index is 12.0. The van der Waals surface area contributed by atoms with Gasteiger partial charge in [-0.25, -0.2) is 4.79 Å². The molecule has 2 nitrogen and oxygen atoms in total. The van der Waals surface area contributed by atoms with Gasteiger partial charge in [-0.05, 0) is 47.5 Å². The van der Waals surface area contributed by atoms with E-state index in [4.69, 9.17) is 4.74 Å². The van der Waals surface area contributed by atoms with Crippen LogP contribution < -0.4 is 0 Å². The number of ether oxygens (including phenoxy) is 1. The summed E-state index contributed by atoms with van der Waals surface area (Å²) in [6.07, 6.45) is 2.52. The van der Waals surface area contributed by atoms with Crippen LogP contribution in [0, 0.1) is 23.2 Å². The molecule has 0 radical (unpaired) electrons. The van der Waals surface area contributed by atoms with Crippen molar-refractivity contribution in [2.45, 2.75) is 39.7 Å². The minimum absolute atomic E-state index is 0.126.